The molecule has 1 aliphatic rings. The zero-order valence-electron chi connectivity index (χ0n) is 13.7. The number of anilines is 1. The van der Waals surface area contributed by atoms with E-state index in [1.807, 2.05) is 0 Å². The summed E-state index contributed by atoms with van der Waals surface area (Å²) in [5.74, 6) is -2.45. The maximum absolute atomic E-state index is 13.9. The zero-order chi connectivity index (χ0) is 17.5. The van der Waals surface area contributed by atoms with Crippen molar-refractivity contribution in [1.82, 2.24) is 0 Å². The van der Waals surface area contributed by atoms with Gasteiger partial charge in [-0.15, -0.1) is 0 Å². The zero-order valence-corrected chi connectivity index (χ0v) is 13.7. The lowest BCUT2D eigenvalue weighted by atomic mass is 9.93. The highest BCUT2D eigenvalue weighted by molar-refractivity contribution is 5.87. The lowest BCUT2D eigenvalue weighted by Gasteiger charge is -2.23. The van der Waals surface area contributed by atoms with E-state index in [0.29, 0.717) is 5.75 Å². The summed E-state index contributed by atoms with van der Waals surface area (Å²) in [4.78, 5) is 12.0. The number of nitrogens with one attached hydrogen (secondary N) is 1. The molecular weight excluding hydrogens is 306 g/mol. The van der Waals surface area contributed by atoms with E-state index < -0.39 is 23.0 Å². The molecule has 0 aromatic heterocycles. The van der Waals surface area contributed by atoms with Crippen LogP contribution in [0, 0.1) is 0 Å². The minimum atomic E-state index is -2.89. The van der Waals surface area contributed by atoms with E-state index in [2.05, 4.69) is 5.32 Å². The number of hydrogen-bond acceptors (Lipinski definition) is 4. The molecule has 1 atom stereocenters. The summed E-state index contributed by atoms with van der Waals surface area (Å²) < 4.78 is 38.0. The molecule has 3 N–H and O–H groups in total. The molecule has 0 heterocycles. The highest BCUT2D eigenvalue weighted by Gasteiger charge is 2.71. The Labute approximate surface area is 134 Å². The van der Waals surface area contributed by atoms with Gasteiger partial charge in [0, 0.05) is 19.0 Å². The summed E-state index contributed by atoms with van der Waals surface area (Å²) in [6.45, 7) is 4.94. The molecule has 1 aromatic carbocycles. The van der Waals surface area contributed by atoms with Gasteiger partial charge in [-0.2, -0.15) is 0 Å². The van der Waals surface area contributed by atoms with E-state index >= 15 is 0 Å². The number of halogens is 2. The van der Waals surface area contributed by atoms with Gasteiger partial charge in [-0.05, 0) is 32.4 Å². The molecule has 1 saturated carbocycles. The Morgan fingerprint density at radius 2 is 2.00 bits per heavy atom. The second-order valence-corrected chi connectivity index (χ2v) is 6.71. The number of hydrogen-bond donors (Lipinski definition) is 2. The van der Waals surface area contributed by atoms with E-state index in [-0.39, 0.29) is 24.2 Å². The van der Waals surface area contributed by atoms with Crippen molar-refractivity contribution >= 4 is 11.8 Å². The summed E-state index contributed by atoms with van der Waals surface area (Å²) in [7, 11) is 1.46. The van der Waals surface area contributed by atoms with E-state index in [1.54, 1.807) is 26.8 Å². The van der Waals surface area contributed by atoms with E-state index in [1.165, 1.54) is 19.2 Å². The Morgan fingerprint density at radius 1 is 1.39 bits per heavy atom. The van der Waals surface area contributed by atoms with Gasteiger partial charge in [0.2, 0.25) is 0 Å². The van der Waals surface area contributed by atoms with Crippen LogP contribution >= 0.6 is 0 Å². The molecule has 128 valence electrons. The van der Waals surface area contributed by atoms with E-state index in [0.717, 1.165) is 0 Å². The fourth-order valence-corrected chi connectivity index (χ4v) is 2.54. The molecule has 23 heavy (non-hydrogen) atoms. The summed E-state index contributed by atoms with van der Waals surface area (Å²) in [5, 5.41) is 2.53. The van der Waals surface area contributed by atoms with E-state index in [9.17, 15) is 13.6 Å². The van der Waals surface area contributed by atoms with Crippen molar-refractivity contribution in [2.45, 2.75) is 44.1 Å². The second kappa shape index (κ2) is 5.63. The molecular formula is C16H22F2N2O3. The molecule has 1 amide bonds. The predicted octanol–water partition coefficient (Wildman–Crippen LogP) is 3.28. The highest BCUT2D eigenvalue weighted by atomic mass is 19.3. The number of nitrogens with two attached hydrogens (primary N) is 1. The van der Waals surface area contributed by atoms with Crippen molar-refractivity contribution in [2.75, 3.05) is 19.0 Å². The van der Waals surface area contributed by atoms with Crippen LogP contribution in [-0.4, -0.2) is 31.3 Å². The molecule has 1 fully saturated rings. The second-order valence-electron chi connectivity index (χ2n) is 6.71. The molecule has 1 aromatic rings. The largest absolute Gasteiger partial charge is 0.497 e. The number of rotatable bonds is 4. The van der Waals surface area contributed by atoms with Gasteiger partial charge in [-0.1, -0.05) is 6.07 Å². The van der Waals surface area contributed by atoms with Crippen LogP contribution < -0.4 is 15.8 Å². The summed E-state index contributed by atoms with van der Waals surface area (Å²) >= 11 is 0. The average Bonchev–Trinajstić information content (AvgIpc) is 2.99. The summed E-state index contributed by atoms with van der Waals surface area (Å²) in [5.41, 5.74) is 3.95. The lowest BCUT2D eigenvalue weighted by molar-refractivity contribution is 0.0634. The molecule has 0 aliphatic heterocycles. The van der Waals surface area contributed by atoms with Gasteiger partial charge in [0.25, 0.3) is 5.92 Å². The minimum absolute atomic E-state index is 0.213. The predicted molar refractivity (Wildman–Crippen MR) is 83.1 cm³/mol. The van der Waals surface area contributed by atoms with E-state index in [4.69, 9.17) is 15.2 Å². The smallest absolute Gasteiger partial charge is 0.412 e. The number of methoxy groups -OCH3 is 1. The number of ether oxygens (including phenoxy) is 2. The maximum atomic E-state index is 13.9. The molecule has 7 heteroatoms. The quantitative estimate of drug-likeness (QED) is 0.889. The molecule has 5 nitrogen and oxygen atoms in total. The third-order valence-corrected chi connectivity index (χ3v) is 3.83. The molecule has 0 bridgehead atoms. The van der Waals surface area contributed by atoms with Gasteiger partial charge in [-0.3, -0.25) is 5.32 Å². The maximum Gasteiger partial charge on any atom is 0.412 e. The SMILES string of the molecule is COc1ccc(C2(CN)CC2(F)F)c(NC(=O)OC(C)(C)C)c1. The monoisotopic (exact) mass is 328 g/mol. The van der Waals surface area contributed by atoms with Crippen LogP contribution in [0.2, 0.25) is 0 Å². The first-order valence-electron chi connectivity index (χ1n) is 7.31. The Bertz CT molecular complexity index is 614. The van der Waals surface area contributed by atoms with Crippen LogP contribution in [0.15, 0.2) is 18.2 Å². The van der Waals surface area contributed by atoms with Crippen LogP contribution in [0.5, 0.6) is 5.75 Å². The van der Waals surface area contributed by atoms with Crippen LogP contribution in [0.1, 0.15) is 32.8 Å². The standard InChI is InChI=1S/C16H22F2N2O3/c1-14(2,3)23-13(21)20-12-7-10(22-4)5-6-11(12)15(9-19)8-16(15,17)18/h5-7H,8-9,19H2,1-4H3,(H,20,21). The minimum Gasteiger partial charge on any atom is -0.497 e. The first kappa shape index (κ1) is 17.5. The molecule has 2 rings (SSSR count). The molecule has 0 radical (unpaired) electrons. The Hall–Kier alpha value is -1.89. The Kier molecular flexibility index (Phi) is 4.28. The summed E-state index contributed by atoms with van der Waals surface area (Å²) in [6, 6.07) is 4.58. The van der Waals surface area contributed by atoms with Crippen LogP contribution in [0.3, 0.4) is 0 Å². The van der Waals surface area contributed by atoms with Crippen molar-refractivity contribution < 1.29 is 23.0 Å². The van der Waals surface area contributed by atoms with Gasteiger partial charge in [0.15, 0.2) is 0 Å². The lowest BCUT2D eigenvalue weighted by Crippen LogP contribution is -2.30. The number of benzene rings is 1. The van der Waals surface area contributed by atoms with Crippen molar-refractivity contribution in [3.8, 4) is 5.75 Å². The number of carbonyl (C=O) groups excluding carboxylic acids is 1. The number of amides is 1. The normalized spacial score (nSPS) is 22.4. The van der Waals surface area contributed by atoms with Crippen LogP contribution in [0.4, 0.5) is 19.3 Å². The molecule has 0 spiro atoms. The van der Waals surface area contributed by atoms with Gasteiger partial charge in [0.05, 0.1) is 18.2 Å². The number of alkyl halides is 2. The van der Waals surface area contributed by atoms with Crippen molar-refractivity contribution in [3.05, 3.63) is 23.8 Å². The molecule has 1 unspecified atom stereocenters. The average molecular weight is 328 g/mol. The summed E-state index contributed by atoms with van der Waals surface area (Å²) in [6.07, 6.45) is -1.06. The molecule has 0 saturated heterocycles. The van der Waals surface area contributed by atoms with Gasteiger partial charge in [0.1, 0.15) is 11.4 Å². The van der Waals surface area contributed by atoms with Crippen molar-refractivity contribution in [3.63, 3.8) is 0 Å². The Balaban J connectivity index is 2.36. The fraction of sp³-hybridized carbons (Fsp3) is 0.562. The fourth-order valence-electron chi connectivity index (χ4n) is 2.54. The number of carbonyl (C=O) groups is 1. The van der Waals surface area contributed by atoms with Gasteiger partial charge >= 0.3 is 6.09 Å². The van der Waals surface area contributed by atoms with Gasteiger partial charge in [-0.25, -0.2) is 13.6 Å². The first-order valence-corrected chi connectivity index (χ1v) is 7.31. The van der Waals surface area contributed by atoms with Gasteiger partial charge < -0.3 is 15.2 Å². The third kappa shape index (κ3) is 3.39. The molecule has 1 aliphatic carbocycles. The Morgan fingerprint density at radius 3 is 2.43 bits per heavy atom. The van der Waals surface area contributed by atoms with Crippen LogP contribution in [0.25, 0.3) is 0 Å². The third-order valence-electron chi connectivity index (χ3n) is 3.83. The topological polar surface area (TPSA) is 73.6 Å². The van der Waals surface area contributed by atoms with Crippen LogP contribution in [-0.2, 0) is 10.2 Å². The van der Waals surface area contributed by atoms with Crippen molar-refractivity contribution in [2.24, 2.45) is 5.73 Å². The van der Waals surface area contributed by atoms with Crippen molar-refractivity contribution in [1.29, 1.82) is 0 Å². The first-order chi connectivity index (χ1) is 10.5. The highest BCUT2D eigenvalue weighted by Crippen LogP contribution is 2.62.